The van der Waals surface area contributed by atoms with Crippen molar-refractivity contribution in [3.05, 3.63) is 35.9 Å². The molecule has 0 N–H and O–H groups in total. The summed E-state index contributed by atoms with van der Waals surface area (Å²) in [7, 11) is 0. The van der Waals surface area contributed by atoms with Gasteiger partial charge in [-0.3, -0.25) is 19.2 Å². The molecular formula is C19H22O8. The van der Waals surface area contributed by atoms with Crippen LogP contribution in [0.15, 0.2) is 30.3 Å². The van der Waals surface area contributed by atoms with E-state index in [-0.39, 0.29) is 19.0 Å². The number of ether oxygens (including phenoxy) is 2. The Hall–Kier alpha value is -3.16. The first-order chi connectivity index (χ1) is 12.7. The van der Waals surface area contributed by atoms with Gasteiger partial charge in [-0.05, 0) is 20.8 Å². The molecule has 8 heteroatoms. The molecule has 1 rings (SSSR count). The fourth-order valence-electron chi connectivity index (χ4n) is 1.68. The molecule has 0 saturated heterocycles. The maximum Gasteiger partial charge on any atom is 0.417 e. The number of ketones is 4. The molecular weight excluding hydrogens is 356 g/mol. The lowest BCUT2D eigenvalue weighted by atomic mass is 10.0. The number of carbonyl (C=O) groups excluding carboxylic acids is 6. The summed E-state index contributed by atoms with van der Waals surface area (Å²) >= 11 is 0. The molecule has 0 aliphatic rings. The zero-order valence-electron chi connectivity index (χ0n) is 15.5. The van der Waals surface area contributed by atoms with E-state index in [1.54, 1.807) is 44.2 Å². The largest absolute Gasteiger partial charge is 0.458 e. The Balaban J connectivity index is 0.000000580. The predicted octanol–water partition coefficient (Wildman–Crippen LogP) is 1.49. The van der Waals surface area contributed by atoms with Crippen molar-refractivity contribution in [1.82, 2.24) is 0 Å². The molecule has 0 heterocycles. The SMILES string of the molecule is CC(=O)CC(=O)C(=O)CC(=O)c1ccccc1.CCOC(=O)C(=O)OCC. The normalized spacial score (nSPS) is 9.30. The summed E-state index contributed by atoms with van der Waals surface area (Å²) in [6.07, 6.45) is -0.906. The van der Waals surface area contributed by atoms with Gasteiger partial charge in [-0.15, -0.1) is 0 Å². The molecule has 0 saturated carbocycles. The van der Waals surface area contributed by atoms with Crippen LogP contribution in [0.25, 0.3) is 0 Å². The van der Waals surface area contributed by atoms with Gasteiger partial charge < -0.3 is 9.47 Å². The van der Waals surface area contributed by atoms with Gasteiger partial charge in [0.25, 0.3) is 0 Å². The van der Waals surface area contributed by atoms with E-state index in [1.807, 2.05) is 0 Å². The summed E-state index contributed by atoms with van der Waals surface area (Å²) in [6.45, 7) is 4.85. The highest BCUT2D eigenvalue weighted by Crippen LogP contribution is 2.04. The van der Waals surface area contributed by atoms with Crippen LogP contribution in [0.1, 0.15) is 44.0 Å². The third-order valence-corrected chi connectivity index (χ3v) is 2.85. The van der Waals surface area contributed by atoms with E-state index in [2.05, 4.69) is 9.47 Å². The lowest BCUT2D eigenvalue weighted by Gasteiger charge is -1.99. The summed E-state index contributed by atoms with van der Waals surface area (Å²) in [6, 6.07) is 8.25. The number of hydrogen-bond acceptors (Lipinski definition) is 8. The van der Waals surface area contributed by atoms with E-state index in [4.69, 9.17) is 0 Å². The number of hydrogen-bond donors (Lipinski definition) is 0. The van der Waals surface area contributed by atoms with Crippen molar-refractivity contribution in [2.24, 2.45) is 0 Å². The van der Waals surface area contributed by atoms with E-state index in [0.29, 0.717) is 5.56 Å². The lowest BCUT2D eigenvalue weighted by molar-refractivity contribution is -0.167. The van der Waals surface area contributed by atoms with Gasteiger partial charge in [-0.1, -0.05) is 30.3 Å². The average molecular weight is 378 g/mol. The molecule has 0 fully saturated rings. The standard InChI is InChI=1S/C13H12O4.C6H10O4/c1-9(14)7-12(16)13(17)8-11(15)10-5-3-2-4-6-10;1-3-9-5(7)6(8)10-4-2/h2-6H,7-8H2,1H3;3-4H2,1-2H3. The number of carbonyl (C=O) groups is 6. The molecule has 146 valence electrons. The second-order valence-electron chi connectivity index (χ2n) is 5.13. The number of benzene rings is 1. The minimum atomic E-state index is -0.927. The molecule has 27 heavy (non-hydrogen) atoms. The lowest BCUT2D eigenvalue weighted by Crippen LogP contribution is -2.20. The van der Waals surface area contributed by atoms with E-state index >= 15 is 0 Å². The van der Waals surface area contributed by atoms with Crippen LogP contribution in [-0.2, 0) is 33.4 Å². The first-order valence-corrected chi connectivity index (χ1v) is 8.20. The fraction of sp³-hybridized carbons (Fsp3) is 0.368. The maximum atomic E-state index is 11.6. The highest BCUT2D eigenvalue weighted by molar-refractivity contribution is 6.43. The van der Waals surface area contributed by atoms with Crippen LogP contribution in [0, 0.1) is 0 Å². The van der Waals surface area contributed by atoms with E-state index in [0.717, 1.165) is 0 Å². The van der Waals surface area contributed by atoms with Gasteiger partial charge in [0.05, 0.1) is 26.1 Å². The molecule has 0 bridgehead atoms. The number of esters is 2. The predicted molar refractivity (Wildman–Crippen MR) is 94.0 cm³/mol. The summed E-state index contributed by atoms with van der Waals surface area (Å²) in [4.78, 5) is 65.7. The van der Waals surface area contributed by atoms with Crippen LogP contribution in [-0.4, -0.2) is 48.3 Å². The van der Waals surface area contributed by atoms with Crippen molar-refractivity contribution < 1.29 is 38.2 Å². The highest BCUT2D eigenvalue weighted by atomic mass is 16.6. The van der Waals surface area contributed by atoms with E-state index in [9.17, 15) is 28.8 Å². The van der Waals surface area contributed by atoms with Crippen molar-refractivity contribution in [3.8, 4) is 0 Å². The monoisotopic (exact) mass is 378 g/mol. The quantitative estimate of drug-likeness (QED) is 0.289. The second kappa shape index (κ2) is 13.1. The van der Waals surface area contributed by atoms with Crippen LogP contribution >= 0.6 is 0 Å². The third kappa shape index (κ3) is 10.4. The van der Waals surface area contributed by atoms with Gasteiger partial charge in [0.15, 0.2) is 5.78 Å². The fourth-order valence-corrected chi connectivity index (χ4v) is 1.68. The van der Waals surface area contributed by atoms with Crippen LogP contribution in [0.4, 0.5) is 0 Å². The topological polar surface area (TPSA) is 121 Å². The first kappa shape index (κ1) is 23.8. The Morgan fingerprint density at radius 2 is 1.19 bits per heavy atom. The van der Waals surface area contributed by atoms with Crippen molar-refractivity contribution in [2.45, 2.75) is 33.6 Å². The second-order valence-corrected chi connectivity index (χ2v) is 5.13. The first-order valence-electron chi connectivity index (χ1n) is 8.20. The van der Waals surface area contributed by atoms with Crippen LogP contribution in [0.3, 0.4) is 0 Å². The Labute approximate surface area is 156 Å². The molecule has 1 aromatic carbocycles. The molecule has 0 spiro atoms. The number of rotatable bonds is 8. The van der Waals surface area contributed by atoms with Crippen molar-refractivity contribution in [2.75, 3.05) is 13.2 Å². The van der Waals surface area contributed by atoms with Gasteiger partial charge in [0.1, 0.15) is 5.78 Å². The summed E-state index contributed by atoms with van der Waals surface area (Å²) < 4.78 is 8.69. The Morgan fingerprint density at radius 1 is 0.741 bits per heavy atom. The minimum absolute atomic E-state index is 0.192. The highest BCUT2D eigenvalue weighted by Gasteiger charge is 2.19. The van der Waals surface area contributed by atoms with Gasteiger partial charge in [-0.2, -0.15) is 0 Å². The number of Topliss-reactive ketones (excluding diaryl/α,β-unsaturated/α-hetero) is 4. The molecule has 0 aromatic heterocycles. The summed E-state index contributed by atoms with van der Waals surface area (Å²) in [5.74, 6) is -4.26. The molecule has 0 aliphatic heterocycles. The van der Waals surface area contributed by atoms with Crippen molar-refractivity contribution in [3.63, 3.8) is 0 Å². The summed E-state index contributed by atoms with van der Waals surface area (Å²) in [5, 5.41) is 0. The Bertz CT molecular complexity index is 675. The van der Waals surface area contributed by atoms with Crippen LogP contribution in [0.2, 0.25) is 0 Å². The zero-order valence-corrected chi connectivity index (χ0v) is 15.5. The van der Waals surface area contributed by atoms with Crippen molar-refractivity contribution >= 4 is 35.1 Å². The molecule has 0 amide bonds. The van der Waals surface area contributed by atoms with Crippen LogP contribution in [0.5, 0.6) is 0 Å². The minimum Gasteiger partial charge on any atom is -0.458 e. The zero-order chi connectivity index (χ0) is 20.8. The van der Waals surface area contributed by atoms with Gasteiger partial charge in [0, 0.05) is 5.56 Å². The molecule has 0 unspecified atom stereocenters. The molecule has 0 atom stereocenters. The van der Waals surface area contributed by atoms with E-state index in [1.165, 1.54) is 6.92 Å². The van der Waals surface area contributed by atoms with Crippen LogP contribution < -0.4 is 0 Å². The average Bonchev–Trinajstić information content (AvgIpc) is 2.62. The molecule has 1 aromatic rings. The Kier molecular flexibility index (Phi) is 11.6. The van der Waals surface area contributed by atoms with Gasteiger partial charge in [0.2, 0.25) is 11.6 Å². The smallest absolute Gasteiger partial charge is 0.417 e. The summed E-state index contributed by atoms with van der Waals surface area (Å²) in [5.41, 5.74) is 0.386. The van der Waals surface area contributed by atoms with Gasteiger partial charge in [-0.25, -0.2) is 9.59 Å². The molecule has 0 radical (unpaired) electrons. The van der Waals surface area contributed by atoms with E-state index < -0.39 is 42.1 Å². The van der Waals surface area contributed by atoms with Gasteiger partial charge >= 0.3 is 11.9 Å². The molecule has 0 aliphatic carbocycles. The van der Waals surface area contributed by atoms with Crippen molar-refractivity contribution in [1.29, 1.82) is 0 Å². The molecule has 8 nitrogen and oxygen atoms in total. The third-order valence-electron chi connectivity index (χ3n) is 2.85. The Morgan fingerprint density at radius 3 is 1.59 bits per heavy atom. The maximum absolute atomic E-state index is 11.6.